The topological polar surface area (TPSA) is 49.4 Å². The second kappa shape index (κ2) is 6.76. The lowest BCUT2D eigenvalue weighted by atomic mass is 10.0. The molecule has 0 bridgehead atoms. The Bertz CT molecular complexity index is 899. The van der Waals surface area contributed by atoms with E-state index in [1.54, 1.807) is 35.7 Å². The molecule has 0 aromatic heterocycles. The Labute approximate surface area is 155 Å². The van der Waals surface area contributed by atoms with Crippen LogP contribution in [0.5, 0.6) is 0 Å². The predicted octanol–water partition coefficient (Wildman–Crippen LogP) is 3.70. The van der Waals surface area contributed by atoms with Gasteiger partial charge in [0.1, 0.15) is 5.82 Å². The average molecular weight is 370 g/mol. The van der Waals surface area contributed by atoms with Crippen LogP contribution in [0.4, 0.5) is 10.1 Å². The highest BCUT2D eigenvalue weighted by Gasteiger charge is 2.26. The molecule has 2 aromatic carbocycles. The van der Waals surface area contributed by atoms with E-state index in [4.69, 9.17) is 0 Å². The average Bonchev–Trinajstić information content (AvgIpc) is 3.05. The van der Waals surface area contributed by atoms with E-state index < -0.39 is 0 Å². The van der Waals surface area contributed by atoms with Crippen LogP contribution in [-0.2, 0) is 11.2 Å². The Morgan fingerprint density at radius 2 is 2.08 bits per heavy atom. The van der Waals surface area contributed by atoms with Gasteiger partial charge in [-0.1, -0.05) is 0 Å². The molecule has 0 aliphatic carbocycles. The number of anilines is 1. The summed E-state index contributed by atoms with van der Waals surface area (Å²) in [6, 6.07) is 10.0. The zero-order valence-electron chi connectivity index (χ0n) is 14.4. The van der Waals surface area contributed by atoms with Crippen molar-refractivity contribution in [2.75, 3.05) is 17.2 Å². The molecule has 6 heteroatoms. The molecule has 2 amide bonds. The van der Waals surface area contributed by atoms with Gasteiger partial charge in [0.15, 0.2) is 0 Å². The number of hydrogen-bond acceptors (Lipinski definition) is 3. The second-order valence-electron chi connectivity index (χ2n) is 6.61. The first kappa shape index (κ1) is 17.1. The van der Waals surface area contributed by atoms with Gasteiger partial charge in [-0.3, -0.25) is 9.59 Å². The summed E-state index contributed by atoms with van der Waals surface area (Å²) in [6.45, 7) is 2.20. The number of benzene rings is 2. The third-order valence-corrected chi connectivity index (χ3v) is 6.06. The van der Waals surface area contributed by atoms with Crippen LogP contribution in [0.15, 0.2) is 41.3 Å². The van der Waals surface area contributed by atoms with E-state index in [2.05, 4.69) is 5.32 Å². The molecule has 2 aliphatic heterocycles. The maximum Gasteiger partial charge on any atom is 0.251 e. The predicted molar refractivity (Wildman–Crippen MR) is 100 cm³/mol. The van der Waals surface area contributed by atoms with Crippen molar-refractivity contribution in [1.29, 1.82) is 0 Å². The van der Waals surface area contributed by atoms with Crippen molar-refractivity contribution in [3.05, 3.63) is 58.9 Å². The maximum absolute atomic E-state index is 13.6. The van der Waals surface area contributed by atoms with Crippen molar-refractivity contribution in [3.8, 4) is 0 Å². The van der Waals surface area contributed by atoms with Gasteiger partial charge in [0.2, 0.25) is 5.91 Å². The molecule has 1 N–H and O–H groups in total. The highest BCUT2D eigenvalue weighted by Crippen LogP contribution is 2.37. The first-order chi connectivity index (χ1) is 12.5. The van der Waals surface area contributed by atoms with Crippen molar-refractivity contribution >= 4 is 29.3 Å². The first-order valence-electron chi connectivity index (χ1n) is 8.67. The van der Waals surface area contributed by atoms with E-state index in [9.17, 15) is 14.0 Å². The van der Waals surface area contributed by atoms with Crippen LogP contribution in [0.1, 0.15) is 40.9 Å². The molecule has 2 aromatic rings. The van der Waals surface area contributed by atoms with Gasteiger partial charge in [-0.15, -0.1) is 11.8 Å². The van der Waals surface area contributed by atoms with Crippen LogP contribution in [0.25, 0.3) is 0 Å². The second-order valence-corrected chi connectivity index (χ2v) is 7.75. The third kappa shape index (κ3) is 3.09. The van der Waals surface area contributed by atoms with E-state index in [-0.39, 0.29) is 23.7 Å². The summed E-state index contributed by atoms with van der Waals surface area (Å²) in [5, 5.41) is 3.04. The summed E-state index contributed by atoms with van der Waals surface area (Å²) in [6.07, 6.45) is 1.53. The van der Waals surface area contributed by atoms with Crippen molar-refractivity contribution in [2.45, 2.75) is 30.7 Å². The van der Waals surface area contributed by atoms with E-state index in [1.165, 1.54) is 12.1 Å². The molecule has 1 atom stereocenters. The molecular formula is C20H19FN2O2S. The fourth-order valence-corrected chi connectivity index (χ4v) is 4.73. The Hall–Kier alpha value is -2.34. The number of hydrogen-bond donors (Lipinski definition) is 1. The summed E-state index contributed by atoms with van der Waals surface area (Å²) in [4.78, 5) is 27.1. The molecule has 2 heterocycles. The van der Waals surface area contributed by atoms with Crippen LogP contribution in [0.3, 0.4) is 0 Å². The molecule has 26 heavy (non-hydrogen) atoms. The monoisotopic (exact) mass is 370 g/mol. The maximum atomic E-state index is 13.6. The van der Waals surface area contributed by atoms with Gasteiger partial charge in [-0.25, -0.2) is 4.39 Å². The number of nitrogens with zero attached hydrogens (tertiary/aromatic N) is 1. The molecule has 4 nitrogen and oxygen atoms in total. The van der Waals surface area contributed by atoms with E-state index in [0.717, 1.165) is 40.3 Å². The van der Waals surface area contributed by atoms with Gasteiger partial charge in [0, 0.05) is 35.4 Å². The summed E-state index contributed by atoms with van der Waals surface area (Å²) < 4.78 is 13.6. The number of amides is 2. The standard InChI is InChI=1S/C20H19FN2O2S/c1-12(24)23-8-6-13-10-14(2-4-18(13)23)20(25)22-17-7-9-26-19-5-3-15(21)11-16(17)19/h2-5,10-11,17H,6-9H2,1H3,(H,22,25). The lowest BCUT2D eigenvalue weighted by Gasteiger charge is -2.26. The highest BCUT2D eigenvalue weighted by molar-refractivity contribution is 7.99. The summed E-state index contributed by atoms with van der Waals surface area (Å²) in [7, 11) is 0. The molecule has 0 saturated carbocycles. The van der Waals surface area contributed by atoms with E-state index >= 15 is 0 Å². The molecule has 0 spiro atoms. The number of nitrogens with one attached hydrogen (secondary N) is 1. The van der Waals surface area contributed by atoms with Gasteiger partial charge in [-0.2, -0.15) is 0 Å². The number of rotatable bonds is 2. The first-order valence-corrected chi connectivity index (χ1v) is 9.65. The Balaban J connectivity index is 1.55. The zero-order chi connectivity index (χ0) is 18.3. The fourth-order valence-electron chi connectivity index (χ4n) is 3.63. The summed E-state index contributed by atoms with van der Waals surface area (Å²) in [5.74, 6) is 0.453. The van der Waals surface area contributed by atoms with Crippen LogP contribution in [0.2, 0.25) is 0 Å². The number of halogens is 1. The normalized spacial score (nSPS) is 18.2. The van der Waals surface area contributed by atoms with E-state index in [0.29, 0.717) is 12.1 Å². The van der Waals surface area contributed by atoms with Gasteiger partial charge in [0.25, 0.3) is 5.91 Å². The Morgan fingerprint density at radius 3 is 2.88 bits per heavy atom. The third-order valence-electron chi connectivity index (χ3n) is 4.93. The molecular weight excluding hydrogens is 351 g/mol. The minimum Gasteiger partial charge on any atom is -0.345 e. The molecule has 4 rings (SSSR count). The fraction of sp³-hybridized carbons (Fsp3) is 0.300. The summed E-state index contributed by atoms with van der Waals surface area (Å²) in [5.41, 5.74) is 3.32. The summed E-state index contributed by atoms with van der Waals surface area (Å²) >= 11 is 1.69. The lowest BCUT2D eigenvalue weighted by Crippen LogP contribution is -2.30. The van der Waals surface area contributed by atoms with Crippen LogP contribution in [0, 0.1) is 5.82 Å². The SMILES string of the molecule is CC(=O)N1CCc2cc(C(=O)NC3CCSc4ccc(F)cc43)ccc21. The molecule has 0 radical (unpaired) electrons. The van der Waals surface area contributed by atoms with E-state index in [1.807, 2.05) is 12.1 Å². The van der Waals surface area contributed by atoms with Gasteiger partial charge < -0.3 is 10.2 Å². The number of thioether (sulfide) groups is 1. The van der Waals surface area contributed by atoms with Crippen molar-refractivity contribution in [3.63, 3.8) is 0 Å². The minimum atomic E-state index is -0.285. The molecule has 0 fully saturated rings. The van der Waals surface area contributed by atoms with Crippen LogP contribution < -0.4 is 10.2 Å². The smallest absolute Gasteiger partial charge is 0.251 e. The van der Waals surface area contributed by atoms with Crippen LogP contribution in [-0.4, -0.2) is 24.1 Å². The molecule has 134 valence electrons. The Kier molecular flexibility index (Phi) is 4.44. The minimum absolute atomic E-state index is 0.0132. The van der Waals surface area contributed by atoms with Gasteiger partial charge in [-0.05, 0) is 60.4 Å². The Morgan fingerprint density at radius 1 is 1.23 bits per heavy atom. The molecule has 0 saturated heterocycles. The van der Waals surface area contributed by atoms with Gasteiger partial charge >= 0.3 is 0 Å². The largest absolute Gasteiger partial charge is 0.345 e. The number of fused-ring (bicyclic) bond motifs is 2. The number of carbonyl (C=O) groups is 2. The zero-order valence-corrected chi connectivity index (χ0v) is 15.2. The molecule has 1 unspecified atom stereocenters. The van der Waals surface area contributed by atoms with Crippen molar-refractivity contribution in [2.24, 2.45) is 0 Å². The lowest BCUT2D eigenvalue weighted by molar-refractivity contribution is -0.116. The molecule has 2 aliphatic rings. The van der Waals surface area contributed by atoms with Gasteiger partial charge in [0.05, 0.1) is 6.04 Å². The van der Waals surface area contributed by atoms with Crippen molar-refractivity contribution in [1.82, 2.24) is 5.32 Å². The quantitative estimate of drug-likeness (QED) is 0.877. The van der Waals surface area contributed by atoms with Crippen LogP contribution >= 0.6 is 11.8 Å². The van der Waals surface area contributed by atoms with Crippen molar-refractivity contribution < 1.29 is 14.0 Å². The highest BCUT2D eigenvalue weighted by atomic mass is 32.2. The number of carbonyl (C=O) groups excluding carboxylic acids is 2.